The van der Waals surface area contributed by atoms with Crippen molar-refractivity contribution in [2.75, 3.05) is 0 Å². The van der Waals surface area contributed by atoms with Gasteiger partial charge in [0.05, 0.1) is 0 Å². The van der Waals surface area contributed by atoms with Crippen LogP contribution >= 0.6 is 15.9 Å². The van der Waals surface area contributed by atoms with Crippen LogP contribution in [0.15, 0.2) is 42.5 Å². The van der Waals surface area contributed by atoms with Crippen LogP contribution in [0, 0.1) is 0 Å². The van der Waals surface area contributed by atoms with Crippen LogP contribution in [-0.4, -0.2) is 4.83 Å². The van der Waals surface area contributed by atoms with Crippen LogP contribution in [0.4, 0.5) is 0 Å². The third-order valence-corrected chi connectivity index (χ3v) is 3.80. The molecule has 0 bridgehead atoms. The number of halogens is 1. The van der Waals surface area contributed by atoms with Gasteiger partial charge in [0, 0.05) is 10.7 Å². The van der Waals surface area contributed by atoms with E-state index in [0.717, 1.165) is 0 Å². The Morgan fingerprint density at radius 1 is 1.14 bits per heavy atom. The van der Waals surface area contributed by atoms with Crippen molar-refractivity contribution in [3.63, 3.8) is 0 Å². The predicted octanol–water partition coefficient (Wildman–Crippen LogP) is 4.27. The quantitative estimate of drug-likeness (QED) is 0.516. The van der Waals surface area contributed by atoms with E-state index in [1.54, 1.807) is 0 Å². The first kappa shape index (κ1) is 9.97. The van der Waals surface area contributed by atoms with Crippen LogP contribution in [0.1, 0.15) is 30.7 Å². The molecule has 0 unspecified atom stereocenters. The second-order valence-corrected chi connectivity index (χ2v) is 4.99. The second kappa shape index (κ2) is 4.79. The van der Waals surface area contributed by atoms with Gasteiger partial charge in [-0.1, -0.05) is 58.4 Å². The zero-order valence-electron chi connectivity index (χ0n) is 8.20. The Hall–Kier alpha value is -0.560. The lowest BCUT2D eigenvalue weighted by Crippen LogP contribution is -2.08. The summed E-state index contributed by atoms with van der Waals surface area (Å²) in [5, 5.41) is 0. The van der Waals surface area contributed by atoms with Crippen molar-refractivity contribution in [2.45, 2.75) is 30.0 Å². The fourth-order valence-electron chi connectivity index (χ4n) is 1.97. The summed E-state index contributed by atoms with van der Waals surface area (Å²) in [4.78, 5) is 0.601. The SMILES string of the molecule is Br[C@@H]1CCCC=C[C@H]1c1ccccc1. The van der Waals surface area contributed by atoms with Gasteiger partial charge < -0.3 is 0 Å². The molecule has 0 aliphatic heterocycles. The Bertz CT molecular complexity index is 302. The molecule has 0 aromatic heterocycles. The fourth-order valence-corrected chi connectivity index (χ4v) is 2.77. The van der Waals surface area contributed by atoms with Crippen molar-refractivity contribution in [2.24, 2.45) is 0 Å². The van der Waals surface area contributed by atoms with E-state index in [0.29, 0.717) is 10.7 Å². The molecular formula is C13H15Br. The van der Waals surface area contributed by atoms with Gasteiger partial charge >= 0.3 is 0 Å². The van der Waals surface area contributed by atoms with E-state index in [4.69, 9.17) is 0 Å². The molecule has 1 aromatic carbocycles. The molecule has 74 valence electrons. The molecule has 0 spiro atoms. The molecule has 14 heavy (non-hydrogen) atoms. The molecule has 0 fully saturated rings. The van der Waals surface area contributed by atoms with Crippen molar-refractivity contribution in [3.05, 3.63) is 48.0 Å². The average Bonchev–Trinajstić information content (AvgIpc) is 2.44. The Labute approximate surface area is 94.2 Å². The molecule has 0 nitrogen and oxygen atoms in total. The van der Waals surface area contributed by atoms with Crippen molar-refractivity contribution in [3.8, 4) is 0 Å². The minimum Gasteiger partial charge on any atom is -0.0881 e. The van der Waals surface area contributed by atoms with Gasteiger partial charge in [-0.25, -0.2) is 0 Å². The summed E-state index contributed by atoms with van der Waals surface area (Å²) in [5.41, 5.74) is 1.42. The van der Waals surface area contributed by atoms with E-state index in [1.807, 2.05) is 0 Å². The second-order valence-electron chi connectivity index (χ2n) is 3.81. The van der Waals surface area contributed by atoms with Crippen molar-refractivity contribution < 1.29 is 0 Å². The van der Waals surface area contributed by atoms with Crippen LogP contribution in [0.3, 0.4) is 0 Å². The van der Waals surface area contributed by atoms with Gasteiger partial charge in [-0.15, -0.1) is 0 Å². The number of allylic oxidation sites excluding steroid dienone is 2. The summed E-state index contributed by atoms with van der Waals surface area (Å²) in [7, 11) is 0. The molecular weight excluding hydrogens is 236 g/mol. The smallest absolute Gasteiger partial charge is 0.0249 e. The summed E-state index contributed by atoms with van der Waals surface area (Å²) in [6, 6.07) is 10.7. The highest BCUT2D eigenvalue weighted by atomic mass is 79.9. The Kier molecular flexibility index (Phi) is 3.41. The first-order valence-electron chi connectivity index (χ1n) is 5.23. The first-order valence-corrected chi connectivity index (χ1v) is 6.15. The number of benzene rings is 1. The number of rotatable bonds is 1. The molecule has 1 aromatic rings. The summed E-state index contributed by atoms with van der Waals surface area (Å²) < 4.78 is 0. The lowest BCUT2D eigenvalue weighted by atomic mass is 9.95. The number of alkyl halides is 1. The lowest BCUT2D eigenvalue weighted by molar-refractivity contribution is 0.691. The van der Waals surface area contributed by atoms with Gasteiger partial charge in [-0.2, -0.15) is 0 Å². The average molecular weight is 251 g/mol. The summed E-state index contributed by atoms with van der Waals surface area (Å²) in [5.74, 6) is 0.554. The summed E-state index contributed by atoms with van der Waals surface area (Å²) in [6.07, 6.45) is 8.47. The monoisotopic (exact) mass is 250 g/mol. The Morgan fingerprint density at radius 3 is 2.71 bits per heavy atom. The van der Waals surface area contributed by atoms with Crippen molar-refractivity contribution in [1.82, 2.24) is 0 Å². The van der Waals surface area contributed by atoms with Crippen LogP contribution in [0.5, 0.6) is 0 Å². The molecule has 2 atom stereocenters. The highest BCUT2D eigenvalue weighted by molar-refractivity contribution is 9.09. The normalized spacial score (nSPS) is 27.2. The van der Waals surface area contributed by atoms with E-state index in [1.165, 1.54) is 24.8 Å². The van der Waals surface area contributed by atoms with Gasteiger partial charge in [0.1, 0.15) is 0 Å². The minimum atomic E-state index is 0.554. The lowest BCUT2D eigenvalue weighted by Gasteiger charge is -2.17. The maximum atomic E-state index is 3.79. The number of hydrogen-bond donors (Lipinski definition) is 0. The summed E-state index contributed by atoms with van der Waals surface area (Å²) >= 11 is 3.79. The molecule has 0 heterocycles. The maximum Gasteiger partial charge on any atom is 0.0249 e. The highest BCUT2D eigenvalue weighted by Gasteiger charge is 2.18. The van der Waals surface area contributed by atoms with E-state index < -0.39 is 0 Å². The first-order chi connectivity index (χ1) is 6.88. The van der Waals surface area contributed by atoms with Crippen molar-refractivity contribution in [1.29, 1.82) is 0 Å². The Morgan fingerprint density at radius 2 is 1.93 bits per heavy atom. The predicted molar refractivity (Wildman–Crippen MR) is 64.9 cm³/mol. The number of hydrogen-bond acceptors (Lipinski definition) is 0. The third kappa shape index (κ3) is 2.27. The van der Waals surface area contributed by atoms with Crippen LogP contribution in [0.2, 0.25) is 0 Å². The molecule has 0 amide bonds. The molecule has 2 rings (SSSR count). The van der Waals surface area contributed by atoms with Crippen LogP contribution in [-0.2, 0) is 0 Å². The zero-order valence-corrected chi connectivity index (χ0v) is 9.78. The van der Waals surface area contributed by atoms with Gasteiger partial charge in [0.25, 0.3) is 0 Å². The molecule has 0 saturated heterocycles. The van der Waals surface area contributed by atoms with E-state index in [9.17, 15) is 0 Å². The van der Waals surface area contributed by atoms with Crippen LogP contribution in [0.25, 0.3) is 0 Å². The Balaban J connectivity index is 2.23. The van der Waals surface area contributed by atoms with Crippen molar-refractivity contribution >= 4 is 15.9 Å². The fraction of sp³-hybridized carbons (Fsp3) is 0.385. The zero-order chi connectivity index (χ0) is 9.80. The molecule has 0 radical (unpaired) electrons. The third-order valence-electron chi connectivity index (χ3n) is 2.77. The largest absolute Gasteiger partial charge is 0.0881 e. The molecule has 0 N–H and O–H groups in total. The summed E-state index contributed by atoms with van der Waals surface area (Å²) in [6.45, 7) is 0. The maximum absolute atomic E-state index is 3.79. The van der Waals surface area contributed by atoms with Gasteiger partial charge in [-0.05, 0) is 24.8 Å². The van der Waals surface area contributed by atoms with Crippen LogP contribution < -0.4 is 0 Å². The van der Waals surface area contributed by atoms with E-state index in [-0.39, 0.29) is 0 Å². The molecule has 1 aliphatic carbocycles. The highest BCUT2D eigenvalue weighted by Crippen LogP contribution is 2.32. The molecule has 1 aliphatic rings. The van der Waals surface area contributed by atoms with E-state index in [2.05, 4.69) is 58.4 Å². The standard InChI is InChI=1S/C13H15Br/c14-13-10-6-2-5-9-12(13)11-7-3-1-4-8-11/h1,3-5,7-9,12-13H,2,6,10H2/t12-,13+/m0/s1. The van der Waals surface area contributed by atoms with Gasteiger partial charge in [0.2, 0.25) is 0 Å². The molecule has 0 saturated carbocycles. The van der Waals surface area contributed by atoms with Gasteiger partial charge in [0.15, 0.2) is 0 Å². The van der Waals surface area contributed by atoms with Gasteiger partial charge in [-0.3, -0.25) is 0 Å². The van der Waals surface area contributed by atoms with E-state index >= 15 is 0 Å². The minimum absolute atomic E-state index is 0.554. The topological polar surface area (TPSA) is 0 Å². The molecule has 1 heteroatoms.